The number of carbonyl (C=O) groups is 3. The van der Waals surface area contributed by atoms with Crippen molar-refractivity contribution in [1.82, 2.24) is 9.88 Å². The topological polar surface area (TPSA) is 79.4 Å². The summed E-state index contributed by atoms with van der Waals surface area (Å²) in [7, 11) is 0. The molecule has 0 saturated heterocycles. The Morgan fingerprint density at radius 2 is 1.61 bits per heavy atom. The number of amides is 3. The smallest absolute Gasteiger partial charge is 0.262 e. The van der Waals surface area contributed by atoms with Gasteiger partial charge < -0.3 is 5.32 Å². The maximum absolute atomic E-state index is 12.6. The highest BCUT2D eigenvalue weighted by atomic mass is 35.5. The van der Waals surface area contributed by atoms with Crippen LogP contribution in [0, 0.1) is 0 Å². The van der Waals surface area contributed by atoms with Crippen LogP contribution < -0.4 is 5.32 Å². The zero-order valence-electron chi connectivity index (χ0n) is 14.7. The summed E-state index contributed by atoms with van der Waals surface area (Å²) in [6.45, 7) is 1.51. The summed E-state index contributed by atoms with van der Waals surface area (Å²) in [5.74, 6) is -1.44. The molecule has 0 fully saturated rings. The van der Waals surface area contributed by atoms with Crippen LogP contribution in [0.5, 0.6) is 0 Å². The molecule has 3 amide bonds. The fraction of sp³-hybridized carbons (Fsp3) is 0.100. The number of rotatable bonds is 4. The first kappa shape index (κ1) is 18.3. The molecule has 2 aromatic carbocycles. The molecule has 0 bridgehead atoms. The van der Waals surface area contributed by atoms with Gasteiger partial charge in [0.1, 0.15) is 6.04 Å². The number of fused-ring (bicyclic) bond motifs is 1. The van der Waals surface area contributed by atoms with Gasteiger partial charge in [-0.2, -0.15) is 0 Å². The first-order valence-electron chi connectivity index (χ1n) is 8.45. The molecule has 1 atom stereocenters. The summed E-state index contributed by atoms with van der Waals surface area (Å²) in [6, 6.07) is 12.8. The summed E-state index contributed by atoms with van der Waals surface area (Å²) in [4.78, 5) is 43.1. The van der Waals surface area contributed by atoms with Crippen LogP contribution in [0.25, 0.3) is 11.3 Å². The number of hydrogen-bond acceptors (Lipinski definition) is 5. The number of aromatic nitrogens is 1. The molecule has 3 aromatic rings. The van der Waals surface area contributed by atoms with E-state index in [4.69, 9.17) is 11.6 Å². The van der Waals surface area contributed by atoms with Crippen molar-refractivity contribution >= 4 is 45.8 Å². The first-order chi connectivity index (χ1) is 13.5. The maximum atomic E-state index is 12.6. The average molecular weight is 412 g/mol. The predicted octanol–water partition coefficient (Wildman–Crippen LogP) is 4.09. The Kier molecular flexibility index (Phi) is 4.70. The molecule has 140 valence electrons. The summed E-state index contributed by atoms with van der Waals surface area (Å²) < 4.78 is 0. The molecule has 1 N–H and O–H groups in total. The van der Waals surface area contributed by atoms with E-state index in [0.29, 0.717) is 27.0 Å². The van der Waals surface area contributed by atoms with E-state index in [1.807, 2.05) is 18.2 Å². The van der Waals surface area contributed by atoms with Gasteiger partial charge in [0, 0.05) is 16.0 Å². The maximum Gasteiger partial charge on any atom is 0.262 e. The molecule has 4 rings (SSSR count). The van der Waals surface area contributed by atoms with Gasteiger partial charge in [0.05, 0.1) is 16.8 Å². The number of halogens is 1. The van der Waals surface area contributed by atoms with Gasteiger partial charge >= 0.3 is 0 Å². The molecule has 0 saturated carbocycles. The largest absolute Gasteiger partial charge is 0.300 e. The van der Waals surface area contributed by atoms with Gasteiger partial charge in [0.15, 0.2) is 5.13 Å². The van der Waals surface area contributed by atoms with Crippen molar-refractivity contribution in [2.45, 2.75) is 13.0 Å². The molecule has 0 spiro atoms. The fourth-order valence-corrected chi connectivity index (χ4v) is 3.96. The number of anilines is 1. The molecule has 1 aliphatic rings. The summed E-state index contributed by atoms with van der Waals surface area (Å²) in [6.07, 6.45) is 0. The van der Waals surface area contributed by atoms with Crippen molar-refractivity contribution in [1.29, 1.82) is 0 Å². The van der Waals surface area contributed by atoms with Gasteiger partial charge in [-0.15, -0.1) is 11.3 Å². The molecule has 1 aliphatic heterocycles. The Hall–Kier alpha value is -3.03. The molecular weight excluding hydrogens is 398 g/mol. The second kappa shape index (κ2) is 7.18. The van der Waals surface area contributed by atoms with Gasteiger partial charge in [-0.1, -0.05) is 41.9 Å². The predicted molar refractivity (Wildman–Crippen MR) is 108 cm³/mol. The minimum absolute atomic E-state index is 0.308. The number of hydrogen-bond donors (Lipinski definition) is 1. The molecule has 8 heteroatoms. The van der Waals surface area contributed by atoms with Crippen molar-refractivity contribution in [3.63, 3.8) is 0 Å². The third-order valence-corrected chi connectivity index (χ3v) is 5.56. The summed E-state index contributed by atoms with van der Waals surface area (Å²) in [5, 5.41) is 5.38. The first-order valence-corrected chi connectivity index (χ1v) is 9.71. The van der Waals surface area contributed by atoms with E-state index in [0.717, 1.165) is 10.5 Å². The highest BCUT2D eigenvalue weighted by molar-refractivity contribution is 7.14. The molecule has 1 unspecified atom stereocenters. The van der Waals surface area contributed by atoms with Gasteiger partial charge in [-0.3, -0.25) is 19.3 Å². The molecule has 6 nitrogen and oxygen atoms in total. The third kappa shape index (κ3) is 3.08. The third-order valence-electron chi connectivity index (χ3n) is 4.48. The van der Waals surface area contributed by atoms with E-state index in [2.05, 4.69) is 10.3 Å². The Morgan fingerprint density at radius 3 is 2.21 bits per heavy atom. The van der Waals surface area contributed by atoms with Crippen molar-refractivity contribution < 1.29 is 14.4 Å². The molecule has 28 heavy (non-hydrogen) atoms. The Labute approximate surface area is 169 Å². The number of benzene rings is 2. The van der Waals surface area contributed by atoms with E-state index in [1.165, 1.54) is 18.3 Å². The second-order valence-electron chi connectivity index (χ2n) is 6.21. The van der Waals surface area contributed by atoms with Crippen molar-refractivity contribution in [2.24, 2.45) is 0 Å². The van der Waals surface area contributed by atoms with Gasteiger partial charge in [-0.05, 0) is 25.1 Å². The number of thiazole rings is 1. The fourth-order valence-electron chi connectivity index (χ4n) is 3.01. The number of nitrogens with one attached hydrogen (secondary N) is 1. The lowest BCUT2D eigenvalue weighted by Gasteiger charge is -2.21. The molecule has 2 heterocycles. The molecule has 0 radical (unpaired) electrons. The standard InChI is InChI=1S/C20H14ClN3O3S/c1-11(24-18(26)12-6-2-3-7-13(12)19(24)27)17(25)23-20-22-16(10-28-20)14-8-4-5-9-15(14)21/h2-11H,1H3,(H,22,23,25). The molecular formula is C20H14ClN3O3S. The lowest BCUT2D eigenvalue weighted by molar-refractivity contribution is -0.119. The van der Waals surface area contributed by atoms with E-state index in [9.17, 15) is 14.4 Å². The highest BCUT2D eigenvalue weighted by Gasteiger charge is 2.40. The van der Waals surface area contributed by atoms with Gasteiger partial charge in [-0.25, -0.2) is 4.98 Å². The van der Waals surface area contributed by atoms with Crippen LogP contribution >= 0.6 is 22.9 Å². The Morgan fingerprint density at radius 1 is 1.04 bits per heavy atom. The molecule has 0 aliphatic carbocycles. The Bertz CT molecular complexity index is 1080. The summed E-state index contributed by atoms with van der Waals surface area (Å²) in [5.41, 5.74) is 2.01. The lowest BCUT2D eigenvalue weighted by Crippen LogP contribution is -2.45. The number of imide groups is 1. The normalized spacial score (nSPS) is 14.1. The SMILES string of the molecule is CC(C(=O)Nc1nc(-c2ccccc2Cl)cs1)N1C(=O)c2ccccc2C1=O. The van der Waals surface area contributed by atoms with Crippen LogP contribution in [0.1, 0.15) is 27.6 Å². The van der Waals surface area contributed by atoms with Crippen LogP contribution in [0.4, 0.5) is 5.13 Å². The minimum Gasteiger partial charge on any atom is -0.300 e. The average Bonchev–Trinajstić information content (AvgIpc) is 3.25. The van der Waals surface area contributed by atoms with E-state index < -0.39 is 23.8 Å². The van der Waals surface area contributed by atoms with Gasteiger partial charge in [0.25, 0.3) is 11.8 Å². The van der Waals surface area contributed by atoms with Crippen LogP contribution in [-0.2, 0) is 4.79 Å². The van der Waals surface area contributed by atoms with Crippen molar-refractivity contribution in [3.05, 3.63) is 70.1 Å². The summed E-state index contributed by atoms with van der Waals surface area (Å²) >= 11 is 7.42. The quantitative estimate of drug-likeness (QED) is 0.656. The monoisotopic (exact) mass is 411 g/mol. The van der Waals surface area contributed by atoms with Crippen LogP contribution in [0.2, 0.25) is 5.02 Å². The minimum atomic E-state index is -0.972. The number of carbonyl (C=O) groups excluding carboxylic acids is 3. The van der Waals surface area contributed by atoms with Crippen molar-refractivity contribution in [2.75, 3.05) is 5.32 Å². The van der Waals surface area contributed by atoms with Crippen LogP contribution in [0.15, 0.2) is 53.9 Å². The Balaban J connectivity index is 1.51. The van der Waals surface area contributed by atoms with Crippen LogP contribution in [0.3, 0.4) is 0 Å². The van der Waals surface area contributed by atoms with E-state index in [-0.39, 0.29) is 0 Å². The lowest BCUT2D eigenvalue weighted by atomic mass is 10.1. The van der Waals surface area contributed by atoms with Crippen molar-refractivity contribution in [3.8, 4) is 11.3 Å². The second-order valence-corrected chi connectivity index (χ2v) is 7.47. The van der Waals surface area contributed by atoms with E-state index in [1.54, 1.807) is 35.7 Å². The van der Waals surface area contributed by atoms with Gasteiger partial charge in [0.2, 0.25) is 5.91 Å². The zero-order valence-corrected chi connectivity index (χ0v) is 16.3. The number of nitrogens with zero attached hydrogens (tertiary/aromatic N) is 2. The highest BCUT2D eigenvalue weighted by Crippen LogP contribution is 2.31. The van der Waals surface area contributed by atoms with Crippen LogP contribution in [-0.4, -0.2) is 33.6 Å². The molecule has 1 aromatic heterocycles. The zero-order chi connectivity index (χ0) is 19.8. The van der Waals surface area contributed by atoms with E-state index >= 15 is 0 Å².